The molecule has 12 heteroatoms. The van der Waals surface area contributed by atoms with Crippen LogP contribution in [-0.2, 0) is 9.53 Å². The number of nitrogen functional groups attached to an aromatic ring is 1. The van der Waals surface area contributed by atoms with Gasteiger partial charge in [0.15, 0.2) is 6.10 Å². The zero-order chi connectivity index (χ0) is 21.7. The van der Waals surface area contributed by atoms with E-state index in [4.69, 9.17) is 22.1 Å². The minimum atomic E-state index is -3.06. The molecule has 1 atom stereocenters. The van der Waals surface area contributed by atoms with Gasteiger partial charge in [-0.3, -0.25) is 14.9 Å². The fourth-order valence-electron chi connectivity index (χ4n) is 2.12. The van der Waals surface area contributed by atoms with E-state index in [1.807, 2.05) is 0 Å². The van der Waals surface area contributed by atoms with Crippen molar-refractivity contribution in [3.8, 4) is 5.75 Å². The quantitative estimate of drug-likeness (QED) is 0.297. The number of carbonyl (C=O) groups is 2. The number of nitrogens with zero attached hydrogens (tertiary/aromatic N) is 1. The molecule has 3 N–H and O–H groups in total. The number of rotatable bonds is 7. The summed E-state index contributed by atoms with van der Waals surface area (Å²) in [5.74, 6) is -2.00. The van der Waals surface area contributed by atoms with Gasteiger partial charge in [-0.05, 0) is 37.3 Å². The number of nitrogens with two attached hydrogens (primary N) is 1. The molecule has 154 valence electrons. The van der Waals surface area contributed by atoms with Crippen LogP contribution < -0.4 is 15.8 Å². The van der Waals surface area contributed by atoms with Gasteiger partial charge in [0.05, 0.1) is 15.5 Å². The Morgan fingerprint density at radius 2 is 1.93 bits per heavy atom. The monoisotopic (exact) mass is 429 g/mol. The molecule has 0 saturated carbocycles. The molecule has 2 rings (SSSR count). The number of nitro groups is 1. The molecular weight excluding hydrogens is 416 g/mol. The van der Waals surface area contributed by atoms with Crippen molar-refractivity contribution in [3.05, 3.63) is 57.1 Å². The Hall–Kier alpha value is -3.47. The second-order valence-electron chi connectivity index (χ2n) is 5.59. The number of hydrogen-bond acceptors (Lipinski definition) is 7. The Labute approximate surface area is 167 Å². The van der Waals surface area contributed by atoms with Gasteiger partial charge in [0.1, 0.15) is 11.4 Å². The number of nitrogens with one attached hydrogen (secondary N) is 1. The number of esters is 1. The highest BCUT2D eigenvalue weighted by atomic mass is 35.5. The highest BCUT2D eigenvalue weighted by molar-refractivity contribution is 6.32. The highest BCUT2D eigenvalue weighted by Gasteiger charge is 2.22. The minimum Gasteiger partial charge on any atom is -0.449 e. The van der Waals surface area contributed by atoms with Crippen LogP contribution in [0.15, 0.2) is 36.4 Å². The summed E-state index contributed by atoms with van der Waals surface area (Å²) in [7, 11) is 0. The van der Waals surface area contributed by atoms with Crippen molar-refractivity contribution >= 4 is 40.5 Å². The zero-order valence-corrected chi connectivity index (χ0v) is 15.5. The van der Waals surface area contributed by atoms with E-state index in [0.717, 1.165) is 12.1 Å². The Balaban J connectivity index is 2.04. The lowest BCUT2D eigenvalue weighted by Gasteiger charge is -2.14. The van der Waals surface area contributed by atoms with Crippen LogP contribution in [0.4, 0.5) is 25.8 Å². The third-order valence-corrected chi connectivity index (χ3v) is 3.83. The lowest BCUT2D eigenvalue weighted by molar-refractivity contribution is -0.383. The van der Waals surface area contributed by atoms with Crippen LogP contribution in [0.3, 0.4) is 0 Å². The second kappa shape index (κ2) is 9.15. The van der Waals surface area contributed by atoms with E-state index in [9.17, 15) is 28.5 Å². The molecule has 1 amide bonds. The lowest BCUT2D eigenvalue weighted by Crippen LogP contribution is -2.30. The lowest BCUT2D eigenvalue weighted by atomic mass is 10.2. The smallest absolute Gasteiger partial charge is 0.387 e. The van der Waals surface area contributed by atoms with Crippen LogP contribution in [0.2, 0.25) is 5.02 Å². The van der Waals surface area contributed by atoms with Crippen molar-refractivity contribution in [2.45, 2.75) is 19.6 Å². The highest BCUT2D eigenvalue weighted by Crippen LogP contribution is 2.29. The van der Waals surface area contributed by atoms with Crippen LogP contribution in [0.5, 0.6) is 5.75 Å². The molecule has 0 radical (unpaired) electrons. The Kier molecular flexibility index (Phi) is 6.89. The molecule has 0 saturated heterocycles. The number of halogens is 3. The summed E-state index contributed by atoms with van der Waals surface area (Å²) in [6.45, 7) is -1.79. The topological polar surface area (TPSA) is 134 Å². The Bertz CT molecular complexity index is 957. The summed E-state index contributed by atoms with van der Waals surface area (Å²) in [6, 6.07) is 6.90. The minimum absolute atomic E-state index is 0.131. The summed E-state index contributed by atoms with van der Waals surface area (Å²) >= 11 is 5.79. The maximum absolute atomic E-state index is 12.2. The first-order chi connectivity index (χ1) is 13.6. The first-order valence-corrected chi connectivity index (χ1v) is 8.26. The average molecular weight is 430 g/mol. The molecular formula is C17H14ClF2N3O6. The van der Waals surface area contributed by atoms with E-state index < -0.39 is 35.2 Å². The number of hydrogen-bond donors (Lipinski definition) is 2. The molecule has 0 heterocycles. The Morgan fingerprint density at radius 1 is 1.24 bits per heavy atom. The summed E-state index contributed by atoms with van der Waals surface area (Å²) in [4.78, 5) is 34.4. The predicted molar refractivity (Wildman–Crippen MR) is 99.1 cm³/mol. The molecule has 0 fully saturated rings. The molecule has 0 aromatic heterocycles. The van der Waals surface area contributed by atoms with Crippen molar-refractivity contribution in [2.75, 3.05) is 11.1 Å². The molecule has 0 aliphatic carbocycles. The van der Waals surface area contributed by atoms with E-state index in [1.54, 1.807) is 0 Å². The van der Waals surface area contributed by atoms with Gasteiger partial charge in [-0.2, -0.15) is 8.78 Å². The van der Waals surface area contributed by atoms with E-state index in [1.165, 1.54) is 31.2 Å². The molecule has 0 aliphatic rings. The van der Waals surface area contributed by atoms with E-state index in [-0.39, 0.29) is 27.7 Å². The summed E-state index contributed by atoms with van der Waals surface area (Å²) in [6.07, 6.45) is -1.28. The van der Waals surface area contributed by atoms with E-state index in [2.05, 4.69) is 10.1 Å². The number of anilines is 2. The van der Waals surface area contributed by atoms with E-state index in [0.29, 0.717) is 0 Å². The molecule has 2 aromatic rings. The summed E-state index contributed by atoms with van der Waals surface area (Å²) < 4.78 is 33.6. The zero-order valence-electron chi connectivity index (χ0n) is 14.7. The number of carbonyl (C=O) groups excluding carboxylic acids is 2. The average Bonchev–Trinajstić information content (AvgIpc) is 2.63. The van der Waals surface area contributed by atoms with Crippen molar-refractivity contribution in [3.63, 3.8) is 0 Å². The van der Waals surface area contributed by atoms with Gasteiger partial charge in [0.25, 0.3) is 11.6 Å². The van der Waals surface area contributed by atoms with Gasteiger partial charge in [-0.25, -0.2) is 4.79 Å². The fraction of sp³-hybridized carbons (Fsp3) is 0.176. The standard InChI is InChI=1S/C17H14ClF2N3O6/c1-8(28-16(25)9-2-4-12(21)13(6-9)23(26)27)15(24)22-10-3-5-14(11(18)7-10)29-17(19)20/h2-8,17H,21H2,1H3,(H,22,24). The molecule has 29 heavy (non-hydrogen) atoms. The third kappa shape index (κ3) is 5.75. The number of ether oxygens (including phenoxy) is 2. The number of alkyl halides is 2. The number of amides is 1. The van der Waals surface area contributed by atoms with Crippen LogP contribution in [0.1, 0.15) is 17.3 Å². The molecule has 2 aromatic carbocycles. The molecule has 0 aliphatic heterocycles. The maximum Gasteiger partial charge on any atom is 0.387 e. The SMILES string of the molecule is CC(OC(=O)c1ccc(N)c([N+](=O)[O-])c1)C(=O)Nc1ccc(OC(F)F)c(Cl)c1. The molecule has 9 nitrogen and oxygen atoms in total. The van der Waals surface area contributed by atoms with Crippen LogP contribution in [0, 0.1) is 10.1 Å². The van der Waals surface area contributed by atoms with Gasteiger partial charge in [0.2, 0.25) is 0 Å². The third-order valence-electron chi connectivity index (χ3n) is 3.53. The second-order valence-corrected chi connectivity index (χ2v) is 6.00. The van der Waals surface area contributed by atoms with Gasteiger partial charge in [-0.1, -0.05) is 11.6 Å². The first-order valence-electron chi connectivity index (χ1n) is 7.88. The van der Waals surface area contributed by atoms with Gasteiger partial charge in [-0.15, -0.1) is 0 Å². The van der Waals surface area contributed by atoms with Crippen LogP contribution in [-0.4, -0.2) is 29.5 Å². The number of benzene rings is 2. The van der Waals surface area contributed by atoms with Crippen molar-refractivity contribution in [1.29, 1.82) is 0 Å². The number of nitro benzene ring substituents is 1. The predicted octanol–water partition coefficient (Wildman–Crippen LogP) is 3.62. The summed E-state index contributed by atoms with van der Waals surface area (Å²) in [5.41, 5.74) is 4.83. The molecule has 0 spiro atoms. The summed E-state index contributed by atoms with van der Waals surface area (Å²) in [5, 5.41) is 13.1. The Morgan fingerprint density at radius 3 is 2.52 bits per heavy atom. The van der Waals surface area contributed by atoms with Crippen molar-refractivity contribution < 1.29 is 32.8 Å². The fourth-order valence-corrected chi connectivity index (χ4v) is 2.35. The molecule has 1 unspecified atom stereocenters. The van der Waals surface area contributed by atoms with Gasteiger partial charge >= 0.3 is 12.6 Å². The van der Waals surface area contributed by atoms with Crippen molar-refractivity contribution in [1.82, 2.24) is 0 Å². The van der Waals surface area contributed by atoms with Crippen LogP contribution in [0.25, 0.3) is 0 Å². The van der Waals surface area contributed by atoms with Crippen LogP contribution >= 0.6 is 11.6 Å². The first kappa shape index (κ1) is 21.8. The van der Waals surface area contributed by atoms with Crippen molar-refractivity contribution in [2.24, 2.45) is 0 Å². The largest absolute Gasteiger partial charge is 0.449 e. The van der Waals surface area contributed by atoms with E-state index >= 15 is 0 Å². The van der Waals surface area contributed by atoms with Gasteiger partial charge in [0, 0.05) is 11.8 Å². The molecule has 0 bridgehead atoms. The normalized spacial score (nSPS) is 11.6. The maximum atomic E-state index is 12.2. The van der Waals surface area contributed by atoms with Gasteiger partial charge < -0.3 is 20.5 Å².